The van der Waals surface area contributed by atoms with Crippen molar-refractivity contribution in [2.75, 3.05) is 0 Å². The van der Waals surface area contributed by atoms with E-state index in [1.165, 1.54) is 6.42 Å². The van der Waals surface area contributed by atoms with E-state index in [0.29, 0.717) is 0 Å². The average Bonchev–Trinajstić information content (AvgIpc) is 2.77. The molecule has 0 bridgehead atoms. The summed E-state index contributed by atoms with van der Waals surface area (Å²) in [5.41, 5.74) is 0. The van der Waals surface area contributed by atoms with Gasteiger partial charge in [0.15, 0.2) is 0 Å². The van der Waals surface area contributed by atoms with Crippen molar-refractivity contribution in [3.8, 4) is 0 Å². The first-order valence-corrected chi connectivity index (χ1v) is 19.1. The summed E-state index contributed by atoms with van der Waals surface area (Å²) in [5.74, 6) is 2.32. The Bertz CT molecular complexity index is 448. The van der Waals surface area contributed by atoms with Crippen LogP contribution in [0, 0.1) is 0 Å². The van der Waals surface area contributed by atoms with E-state index in [2.05, 4.69) is 54.7 Å². The summed E-state index contributed by atoms with van der Waals surface area (Å²) in [5, 5.41) is 0. The average molecular weight is 372 g/mol. The predicted octanol–water partition coefficient (Wildman–Crippen LogP) is 5.45. The molecule has 1 aliphatic carbocycles. The van der Waals surface area contributed by atoms with Crippen molar-refractivity contribution in [1.29, 1.82) is 0 Å². The molecule has 1 aromatic rings. The molecule has 0 aliphatic heterocycles. The van der Waals surface area contributed by atoms with Crippen molar-refractivity contribution in [2.45, 2.75) is 24.9 Å². The van der Waals surface area contributed by atoms with Gasteiger partial charge in [-0.3, -0.25) is 0 Å². The maximum atomic E-state index is 2.58. The van der Waals surface area contributed by atoms with Crippen LogP contribution in [-0.4, -0.2) is 0 Å². The zero-order valence-electron chi connectivity index (χ0n) is 11.0. The van der Waals surface area contributed by atoms with Crippen molar-refractivity contribution < 1.29 is 17.3 Å². The molecule has 1 aromatic heterocycles. The van der Waals surface area contributed by atoms with Crippen LogP contribution in [0.5, 0.6) is 0 Å². The van der Waals surface area contributed by atoms with Gasteiger partial charge in [0.05, 0.1) is 0 Å². The second-order valence-electron chi connectivity index (χ2n) is 7.53. The Morgan fingerprint density at radius 2 is 1.76 bits per heavy atom. The van der Waals surface area contributed by atoms with Gasteiger partial charge in [-0.1, -0.05) is 0 Å². The first-order valence-electron chi connectivity index (χ1n) is 5.71. The summed E-state index contributed by atoms with van der Waals surface area (Å²) in [4.78, 5) is 0. The number of allylic oxidation sites excluding steroid dienone is 4. The Morgan fingerprint density at radius 1 is 1.12 bits per heavy atom. The van der Waals surface area contributed by atoms with Gasteiger partial charge in [-0.05, 0) is 0 Å². The Labute approximate surface area is 117 Å². The first kappa shape index (κ1) is 17.7. The standard InChI is InChI=1S/C5H5.C4H4P.4CH3.2ClH.Zr/c2*1-2-4-5-3-1;;;;;;;/h1-3H,4H2;1-3,5H;4*1H3;2*1H;. The number of hydrogen-bond donors (Lipinski definition) is 0. The molecule has 4 heteroatoms. The molecule has 0 saturated heterocycles. The molecule has 1 unspecified atom stereocenters. The van der Waals surface area contributed by atoms with Gasteiger partial charge in [0.1, 0.15) is 0 Å². The molecular formula is C13H23Cl2PZr. The zero-order chi connectivity index (χ0) is 11.2. The predicted molar refractivity (Wildman–Crippen MR) is 85.4 cm³/mol. The topological polar surface area (TPSA) is 0 Å². The van der Waals surface area contributed by atoms with Gasteiger partial charge in [-0.25, -0.2) is 0 Å². The van der Waals surface area contributed by atoms with Crippen LogP contribution in [0.1, 0.15) is 6.42 Å². The Morgan fingerprint density at radius 3 is 2.18 bits per heavy atom. The van der Waals surface area contributed by atoms with E-state index in [9.17, 15) is 0 Å². The van der Waals surface area contributed by atoms with E-state index < -0.39 is 17.3 Å². The third kappa shape index (κ3) is 3.01. The third-order valence-electron chi connectivity index (χ3n) is 4.03. The minimum absolute atomic E-state index is 0. The molecule has 0 saturated carbocycles. The van der Waals surface area contributed by atoms with Crippen LogP contribution < -0.4 is 3.00 Å². The molecular weight excluding hydrogens is 349 g/mol. The molecule has 1 heterocycles. The molecule has 0 aromatic carbocycles. The number of halogens is 2. The van der Waals surface area contributed by atoms with E-state index in [1.54, 1.807) is 6.28 Å². The summed E-state index contributed by atoms with van der Waals surface area (Å²) in [7, 11) is 0.922. The van der Waals surface area contributed by atoms with Crippen molar-refractivity contribution >= 4 is 36.0 Å². The fraction of sp³-hybridized carbons (Fsp3) is 0.385. The van der Waals surface area contributed by atoms with Gasteiger partial charge >= 0.3 is 92.9 Å². The summed E-state index contributed by atoms with van der Waals surface area (Å²) >= 11 is -3.23. The summed E-state index contributed by atoms with van der Waals surface area (Å²) in [6, 6.07) is 4.62. The molecule has 17 heavy (non-hydrogen) atoms. The van der Waals surface area contributed by atoms with Gasteiger partial charge < -0.3 is 0 Å². The van der Waals surface area contributed by atoms with Crippen LogP contribution in [0.2, 0.25) is 18.5 Å². The molecule has 0 N–H and O–H groups in total. The summed E-state index contributed by atoms with van der Waals surface area (Å²) in [6.45, 7) is 0. The summed E-state index contributed by atoms with van der Waals surface area (Å²) in [6.07, 6.45) is 8.09. The quantitative estimate of drug-likeness (QED) is 0.648. The Hall–Kier alpha value is 0.723. The van der Waals surface area contributed by atoms with Crippen molar-refractivity contribution in [2.24, 2.45) is 0 Å². The van der Waals surface area contributed by atoms with Crippen LogP contribution in [0.3, 0.4) is 0 Å². The third-order valence-corrected chi connectivity index (χ3v) is 27.0. The van der Waals surface area contributed by atoms with Crippen LogP contribution in [0.4, 0.5) is 0 Å². The second-order valence-corrected chi connectivity index (χ2v) is 38.0. The van der Waals surface area contributed by atoms with Crippen LogP contribution in [-0.2, 0) is 17.3 Å². The number of hydrogen-bond acceptors (Lipinski definition) is 0. The fourth-order valence-electron chi connectivity index (χ4n) is 2.48. The van der Waals surface area contributed by atoms with Gasteiger partial charge in [-0.2, -0.15) is 0 Å². The molecule has 0 amide bonds. The molecule has 1 atom stereocenters. The maximum absolute atomic E-state index is 3.23. The van der Waals surface area contributed by atoms with Crippen LogP contribution in [0.15, 0.2) is 39.4 Å². The molecule has 1 aliphatic rings. The first-order chi connectivity index (χ1) is 6.74. The Balaban J connectivity index is 0.00000128. The van der Waals surface area contributed by atoms with E-state index in [-0.39, 0.29) is 24.8 Å². The molecule has 0 fully saturated rings. The molecule has 0 spiro atoms. The van der Waals surface area contributed by atoms with E-state index in [1.807, 2.05) is 0 Å². The van der Waals surface area contributed by atoms with Gasteiger partial charge in [-0.15, -0.1) is 24.8 Å². The van der Waals surface area contributed by atoms with Crippen molar-refractivity contribution in [3.63, 3.8) is 0 Å². The van der Waals surface area contributed by atoms with E-state index >= 15 is 0 Å². The molecule has 2 rings (SSSR count). The molecule has 98 valence electrons. The van der Waals surface area contributed by atoms with Crippen molar-refractivity contribution in [1.82, 2.24) is 0 Å². The van der Waals surface area contributed by atoms with Gasteiger partial charge in [0.2, 0.25) is 0 Å². The fourth-order valence-corrected chi connectivity index (χ4v) is 17.6. The minimum atomic E-state index is -3.23. The van der Waals surface area contributed by atoms with E-state index in [0.717, 1.165) is 8.19 Å². The van der Waals surface area contributed by atoms with Gasteiger partial charge in [0, 0.05) is 0 Å². The van der Waals surface area contributed by atoms with Gasteiger partial charge in [0.25, 0.3) is 0 Å². The normalized spacial score (nSPS) is 18.9. The second kappa shape index (κ2) is 4.68. The SMILES string of the molecule is Cl.Cl.[CH3][Zr]([CH3])([CH3])([CH3])([C]1=CC=CC1)[c]1ccc[pH]1. The zero-order valence-corrected chi connectivity index (χ0v) is 16.1. The molecule has 0 radical (unpaired) electrons. The van der Waals surface area contributed by atoms with Crippen LogP contribution in [0.25, 0.3) is 0 Å². The van der Waals surface area contributed by atoms with Crippen molar-refractivity contribution in [3.05, 3.63) is 39.4 Å². The summed E-state index contributed by atoms with van der Waals surface area (Å²) < 4.78 is 13.8. The van der Waals surface area contributed by atoms with E-state index in [4.69, 9.17) is 0 Å². The Kier molecular flexibility index (Phi) is 4.88. The monoisotopic (exact) mass is 370 g/mol. The number of rotatable bonds is 2. The molecule has 0 nitrogen and oxygen atoms in total. The van der Waals surface area contributed by atoms with Crippen LogP contribution >= 0.6 is 33.0 Å².